The van der Waals surface area contributed by atoms with Crippen molar-refractivity contribution in [3.8, 4) is 0 Å². The van der Waals surface area contributed by atoms with Crippen molar-refractivity contribution in [3.63, 3.8) is 0 Å². The SMILES string of the molecule is O=C1CN=C(NS(=O)(=O)c2ccc(NC(=S)Nc3ccccc3)cc2)N1. The third kappa shape index (κ3) is 4.55. The Bertz CT molecular complexity index is 957. The number of rotatable bonds is 4. The first kappa shape index (κ1) is 17.8. The van der Waals surface area contributed by atoms with Crippen LogP contribution in [0.3, 0.4) is 0 Å². The molecule has 0 aliphatic carbocycles. The molecular formula is C16H15N5O3S2. The first-order valence-corrected chi connectivity index (χ1v) is 9.42. The van der Waals surface area contributed by atoms with Gasteiger partial charge in [-0.25, -0.2) is 18.1 Å². The van der Waals surface area contributed by atoms with Crippen molar-refractivity contribution in [3.05, 3.63) is 54.6 Å². The van der Waals surface area contributed by atoms with Crippen molar-refractivity contribution in [2.45, 2.75) is 4.90 Å². The summed E-state index contributed by atoms with van der Waals surface area (Å²) >= 11 is 5.22. The summed E-state index contributed by atoms with van der Waals surface area (Å²) in [5.74, 6) is -0.438. The van der Waals surface area contributed by atoms with E-state index in [0.29, 0.717) is 10.8 Å². The summed E-state index contributed by atoms with van der Waals surface area (Å²) in [4.78, 5) is 14.9. The maximum Gasteiger partial charge on any atom is 0.264 e. The van der Waals surface area contributed by atoms with Gasteiger partial charge in [-0.05, 0) is 48.6 Å². The van der Waals surface area contributed by atoms with Crippen molar-refractivity contribution in [1.82, 2.24) is 10.0 Å². The average molecular weight is 389 g/mol. The summed E-state index contributed by atoms with van der Waals surface area (Å²) in [7, 11) is -3.83. The zero-order valence-electron chi connectivity index (χ0n) is 13.4. The minimum atomic E-state index is -3.83. The first-order valence-electron chi connectivity index (χ1n) is 7.53. The maximum atomic E-state index is 12.3. The molecule has 0 aromatic heterocycles. The van der Waals surface area contributed by atoms with Crippen LogP contribution in [-0.4, -0.2) is 31.9 Å². The fraction of sp³-hybridized carbons (Fsp3) is 0.0625. The second-order valence-corrected chi connectivity index (χ2v) is 7.38. The van der Waals surface area contributed by atoms with Gasteiger partial charge < -0.3 is 10.6 Å². The number of sulfonamides is 1. The summed E-state index contributed by atoms with van der Waals surface area (Å²) in [5, 5.41) is 8.70. The Hall–Kier alpha value is -2.98. The number of thiocarbonyl (C=S) groups is 1. The predicted octanol–water partition coefficient (Wildman–Crippen LogP) is 1.26. The highest BCUT2D eigenvalue weighted by Gasteiger charge is 2.20. The second-order valence-electron chi connectivity index (χ2n) is 5.29. The van der Waals surface area contributed by atoms with Gasteiger partial charge in [0, 0.05) is 11.4 Å². The number of hydrogen-bond acceptors (Lipinski definition) is 5. The third-order valence-corrected chi connectivity index (χ3v) is 4.88. The molecule has 1 heterocycles. The van der Waals surface area contributed by atoms with Gasteiger partial charge in [0.2, 0.25) is 11.9 Å². The Balaban J connectivity index is 1.62. The smallest absolute Gasteiger partial charge is 0.264 e. The van der Waals surface area contributed by atoms with E-state index in [4.69, 9.17) is 12.2 Å². The van der Waals surface area contributed by atoms with Crippen LogP contribution in [0.1, 0.15) is 0 Å². The Labute approximate surface area is 155 Å². The lowest BCUT2D eigenvalue weighted by atomic mass is 10.3. The van der Waals surface area contributed by atoms with E-state index in [2.05, 4.69) is 25.7 Å². The molecule has 2 aromatic rings. The largest absolute Gasteiger partial charge is 0.332 e. The number of anilines is 2. The number of carbonyl (C=O) groups excluding carboxylic acids is 1. The summed E-state index contributed by atoms with van der Waals surface area (Å²) < 4.78 is 26.8. The van der Waals surface area contributed by atoms with Crippen LogP contribution in [0.25, 0.3) is 0 Å². The molecule has 8 nitrogen and oxygen atoms in total. The lowest BCUT2D eigenvalue weighted by Gasteiger charge is -2.11. The van der Waals surface area contributed by atoms with E-state index in [1.54, 1.807) is 12.1 Å². The van der Waals surface area contributed by atoms with Gasteiger partial charge in [0.1, 0.15) is 6.54 Å². The molecular weight excluding hydrogens is 374 g/mol. The predicted molar refractivity (Wildman–Crippen MR) is 103 cm³/mol. The molecule has 26 heavy (non-hydrogen) atoms. The highest BCUT2D eigenvalue weighted by atomic mass is 32.2. The summed E-state index contributed by atoms with van der Waals surface area (Å²) in [6.07, 6.45) is 0. The lowest BCUT2D eigenvalue weighted by molar-refractivity contribution is -0.117. The van der Waals surface area contributed by atoms with E-state index >= 15 is 0 Å². The van der Waals surface area contributed by atoms with Crippen molar-refractivity contribution >= 4 is 50.6 Å². The van der Waals surface area contributed by atoms with Crippen LogP contribution in [-0.2, 0) is 14.8 Å². The fourth-order valence-electron chi connectivity index (χ4n) is 2.14. The number of benzene rings is 2. The molecule has 1 aliphatic rings. The quantitative estimate of drug-likeness (QED) is 0.586. The summed E-state index contributed by atoms with van der Waals surface area (Å²) in [6.45, 7) is -0.0907. The Morgan fingerprint density at radius 1 is 1.00 bits per heavy atom. The number of amides is 1. The number of nitrogens with zero attached hydrogens (tertiary/aromatic N) is 1. The van der Waals surface area contributed by atoms with E-state index in [9.17, 15) is 13.2 Å². The number of carbonyl (C=O) groups is 1. The topological polar surface area (TPSA) is 112 Å². The van der Waals surface area contributed by atoms with Crippen LogP contribution in [0.5, 0.6) is 0 Å². The molecule has 0 saturated heterocycles. The normalized spacial score (nSPS) is 13.5. The molecule has 0 spiro atoms. The Morgan fingerprint density at radius 3 is 2.19 bits per heavy atom. The molecule has 0 fully saturated rings. The molecule has 0 atom stereocenters. The molecule has 0 radical (unpaired) electrons. The average Bonchev–Trinajstić information content (AvgIpc) is 3.00. The van der Waals surface area contributed by atoms with Gasteiger partial charge in [-0.1, -0.05) is 18.2 Å². The van der Waals surface area contributed by atoms with Gasteiger partial charge in [0.25, 0.3) is 10.0 Å². The van der Waals surface area contributed by atoms with E-state index in [0.717, 1.165) is 5.69 Å². The van der Waals surface area contributed by atoms with Crippen molar-refractivity contribution in [2.75, 3.05) is 17.2 Å². The first-order chi connectivity index (χ1) is 12.4. The summed E-state index contributed by atoms with van der Waals surface area (Å²) in [5.41, 5.74) is 1.47. The van der Waals surface area contributed by atoms with E-state index in [-0.39, 0.29) is 23.3 Å². The van der Waals surface area contributed by atoms with Gasteiger partial charge in [0.05, 0.1) is 4.90 Å². The third-order valence-electron chi connectivity index (χ3n) is 3.32. The van der Waals surface area contributed by atoms with Crippen molar-refractivity contribution in [2.24, 2.45) is 4.99 Å². The van der Waals surface area contributed by atoms with Crippen LogP contribution < -0.4 is 20.7 Å². The van der Waals surface area contributed by atoms with E-state index in [1.807, 2.05) is 30.3 Å². The van der Waals surface area contributed by atoms with Crippen LogP contribution in [0.2, 0.25) is 0 Å². The molecule has 3 rings (SSSR count). The van der Waals surface area contributed by atoms with Crippen molar-refractivity contribution in [1.29, 1.82) is 0 Å². The molecule has 0 bridgehead atoms. The standard InChI is InChI=1S/C16H15N5O3S2/c22-14-10-17-15(20-14)21-26(23,24)13-8-6-12(7-9-13)19-16(25)18-11-4-2-1-3-5-11/h1-9H,10H2,(H2,18,19,25)(H2,17,20,21,22). The van der Waals surface area contributed by atoms with E-state index in [1.165, 1.54) is 12.1 Å². The molecule has 2 aromatic carbocycles. The van der Waals surface area contributed by atoms with Gasteiger partial charge in [-0.15, -0.1) is 0 Å². The number of aliphatic imine (C=N–C) groups is 1. The Kier molecular flexibility index (Phi) is 5.14. The lowest BCUT2D eigenvalue weighted by Crippen LogP contribution is -2.39. The fourth-order valence-corrected chi connectivity index (χ4v) is 3.36. The summed E-state index contributed by atoms with van der Waals surface area (Å²) in [6, 6.07) is 15.4. The van der Waals surface area contributed by atoms with Crippen LogP contribution >= 0.6 is 12.2 Å². The van der Waals surface area contributed by atoms with Crippen LogP contribution in [0.15, 0.2) is 64.5 Å². The zero-order valence-corrected chi connectivity index (χ0v) is 15.0. The number of hydrogen-bond donors (Lipinski definition) is 4. The molecule has 0 unspecified atom stereocenters. The molecule has 1 aliphatic heterocycles. The highest BCUT2D eigenvalue weighted by molar-refractivity contribution is 7.90. The van der Waals surface area contributed by atoms with E-state index < -0.39 is 10.0 Å². The monoisotopic (exact) mass is 389 g/mol. The number of para-hydroxylation sites is 1. The molecule has 10 heteroatoms. The molecule has 1 amide bonds. The zero-order chi connectivity index (χ0) is 18.6. The van der Waals surface area contributed by atoms with Gasteiger partial charge >= 0.3 is 0 Å². The molecule has 4 N–H and O–H groups in total. The Morgan fingerprint density at radius 2 is 1.62 bits per heavy atom. The van der Waals surface area contributed by atoms with Gasteiger partial charge in [0.15, 0.2) is 5.11 Å². The van der Waals surface area contributed by atoms with Gasteiger partial charge in [-0.3, -0.25) is 10.1 Å². The van der Waals surface area contributed by atoms with Crippen molar-refractivity contribution < 1.29 is 13.2 Å². The molecule has 0 saturated carbocycles. The minimum absolute atomic E-state index is 0.0360. The van der Waals surface area contributed by atoms with Gasteiger partial charge in [-0.2, -0.15) is 0 Å². The number of guanidine groups is 1. The minimum Gasteiger partial charge on any atom is -0.332 e. The molecule has 134 valence electrons. The highest BCUT2D eigenvalue weighted by Crippen LogP contribution is 2.15. The maximum absolute atomic E-state index is 12.3. The second kappa shape index (κ2) is 7.50. The number of nitrogens with one attached hydrogen (secondary N) is 4. The van der Waals surface area contributed by atoms with Crippen LogP contribution in [0.4, 0.5) is 11.4 Å². The van der Waals surface area contributed by atoms with Crippen LogP contribution in [0, 0.1) is 0 Å².